The van der Waals surface area contributed by atoms with E-state index in [1.165, 1.54) is 0 Å². The molecule has 0 spiro atoms. The molecule has 0 fully saturated rings. The van der Waals surface area contributed by atoms with Crippen molar-refractivity contribution in [2.45, 2.75) is 26.3 Å². The van der Waals surface area contributed by atoms with Gasteiger partial charge in [-0.25, -0.2) is 0 Å². The van der Waals surface area contributed by atoms with E-state index < -0.39 is 0 Å². The summed E-state index contributed by atoms with van der Waals surface area (Å²) < 4.78 is 6.89. The number of nitrogens with zero attached hydrogens (tertiary/aromatic N) is 1. The molecule has 1 heterocycles. The molecule has 0 amide bonds. The highest BCUT2D eigenvalue weighted by atomic mass is 32.1. The first-order valence-electron chi connectivity index (χ1n) is 3.18. The van der Waals surface area contributed by atoms with E-state index in [4.69, 9.17) is 16.6 Å². The number of aromatic nitrogens is 1. The Hall–Kier alpha value is -0.570. The summed E-state index contributed by atoms with van der Waals surface area (Å²) in [7, 11) is 0. The van der Waals surface area contributed by atoms with Gasteiger partial charge in [-0.15, -0.1) is 0 Å². The molecule has 0 aliphatic carbocycles. The van der Waals surface area contributed by atoms with Crippen LogP contribution in [0.5, 0.6) is 0 Å². The minimum atomic E-state index is 0.0318. The quantitative estimate of drug-likeness (QED) is 0.539. The minimum absolute atomic E-state index is 0.0318. The maximum atomic E-state index is 4.97. The van der Waals surface area contributed by atoms with Gasteiger partial charge in [-0.05, 0) is 33.0 Å². The number of rotatable bonds is 0. The number of hydrogen-bond acceptors (Lipinski definition) is 2. The molecule has 0 aliphatic heterocycles. The largest absolute Gasteiger partial charge is 0.438 e. The number of hydrogen-bond donors (Lipinski definition) is 0. The Morgan fingerprint density at radius 3 is 2.30 bits per heavy atom. The second kappa shape index (κ2) is 2.23. The normalized spacial score (nSPS) is 11.9. The third-order valence-electron chi connectivity index (χ3n) is 1.30. The molecule has 10 heavy (non-hydrogen) atoms. The van der Waals surface area contributed by atoms with Crippen LogP contribution in [0.3, 0.4) is 0 Å². The molecule has 0 atom stereocenters. The summed E-state index contributed by atoms with van der Waals surface area (Å²) in [5.41, 5.74) is 0.0318. The summed E-state index contributed by atoms with van der Waals surface area (Å²) in [6.45, 7) is 6.24. The Labute approximate surface area is 65.5 Å². The zero-order valence-electron chi connectivity index (χ0n) is 6.42. The van der Waals surface area contributed by atoms with Gasteiger partial charge in [0.2, 0.25) is 0 Å². The number of oxazole rings is 1. The maximum Gasteiger partial charge on any atom is 0.269 e. The Morgan fingerprint density at radius 2 is 2.10 bits per heavy atom. The Bertz CT molecular complexity index is 266. The zero-order chi connectivity index (χ0) is 7.78. The lowest BCUT2D eigenvalue weighted by Gasteiger charge is -2.18. The molecule has 1 aromatic heterocycles. The maximum absolute atomic E-state index is 4.97. The van der Waals surface area contributed by atoms with Gasteiger partial charge in [0.25, 0.3) is 4.84 Å². The van der Waals surface area contributed by atoms with E-state index in [0.717, 1.165) is 0 Å². The molecule has 1 aromatic rings. The highest BCUT2D eigenvalue weighted by molar-refractivity contribution is 7.71. The second-order valence-corrected chi connectivity index (χ2v) is 3.56. The van der Waals surface area contributed by atoms with Gasteiger partial charge in [-0.1, -0.05) is 0 Å². The van der Waals surface area contributed by atoms with Crippen molar-refractivity contribution in [3.63, 3.8) is 0 Å². The molecule has 1 rings (SSSR count). The fourth-order valence-electron chi connectivity index (χ4n) is 0.765. The first-order chi connectivity index (χ1) is 4.52. The van der Waals surface area contributed by atoms with E-state index in [1.807, 2.05) is 10.8 Å². The van der Waals surface area contributed by atoms with Crippen molar-refractivity contribution in [2.75, 3.05) is 0 Å². The first-order valence-corrected chi connectivity index (χ1v) is 3.59. The van der Waals surface area contributed by atoms with Crippen LogP contribution in [0, 0.1) is 4.84 Å². The summed E-state index contributed by atoms with van der Waals surface area (Å²) in [4.78, 5) is 0.535. The molecule has 0 bridgehead atoms. The van der Waals surface area contributed by atoms with Gasteiger partial charge in [0.05, 0.1) is 0 Å². The molecule has 56 valence electrons. The lowest BCUT2D eigenvalue weighted by atomic mass is 10.1. The predicted octanol–water partition coefficient (Wildman–Crippen LogP) is 2.57. The third-order valence-corrected chi connectivity index (χ3v) is 1.59. The molecule has 0 aromatic carbocycles. The first kappa shape index (κ1) is 7.54. The zero-order valence-corrected chi connectivity index (χ0v) is 7.23. The van der Waals surface area contributed by atoms with Crippen molar-refractivity contribution >= 4 is 12.2 Å². The smallest absolute Gasteiger partial charge is 0.269 e. The summed E-state index contributed by atoms with van der Waals surface area (Å²) in [5, 5.41) is 0. The minimum Gasteiger partial charge on any atom is -0.438 e. The van der Waals surface area contributed by atoms with Gasteiger partial charge in [-0.3, -0.25) is 0 Å². The van der Waals surface area contributed by atoms with E-state index in [1.54, 1.807) is 6.26 Å². The molecule has 2 nitrogen and oxygen atoms in total. The molecule has 0 aliphatic rings. The van der Waals surface area contributed by atoms with Crippen LogP contribution in [0.1, 0.15) is 20.8 Å². The van der Waals surface area contributed by atoms with Crippen molar-refractivity contribution in [1.29, 1.82) is 0 Å². The molecule has 0 saturated carbocycles. The average molecular weight is 157 g/mol. The fraction of sp³-hybridized carbons (Fsp3) is 0.571. The SMILES string of the molecule is CC(C)(C)n1ccoc1=S. The van der Waals surface area contributed by atoms with E-state index in [-0.39, 0.29) is 5.54 Å². The lowest BCUT2D eigenvalue weighted by Crippen LogP contribution is -2.20. The van der Waals surface area contributed by atoms with E-state index >= 15 is 0 Å². The Balaban J connectivity index is 3.18. The molecule has 0 saturated heterocycles. The Morgan fingerprint density at radius 1 is 1.50 bits per heavy atom. The summed E-state index contributed by atoms with van der Waals surface area (Å²) in [6, 6.07) is 0. The van der Waals surface area contributed by atoms with E-state index in [0.29, 0.717) is 4.84 Å². The standard InChI is InChI=1S/C7H11NOS/c1-7(2,3)8-4-5-9-6(8)10/h4-5H,1-3H3. The molecule has 0 N–H and O–H groups in total. The van der Waals surface area contributed by atoms with Crippen LogP contribution < -0.4 is 0 Å². The monoisotopic (exact) mass is 157 g/mol. The van der Waals surface area contributed by atoms with Gasteiger partial charge in [0, 0.05) is 11.7 Å². The van der Waals surface area contributed by atoms with Crippen LogP contribution in [-0.4, -0.2) is 4.57 Å². The van der Waals surface area contributed by atoms with Crippen LogP contribution in [0.2, 0.25) is 0 Å². The van der Waals surface area contributed by atoms with Crippen LogP contribution in [0.4, 0.5) is 0 Å². The van der Waals surface area contributed by atoms with Crippen molar-refractivity contribution in [3.8, 4) is 0 Å². The van der Waals surface area contributed by atoms with Gasteiger partial charge in [-0.2, -0.15) is 0 Å². The van der Waals surface area contributed by atoms with Gasteiger partial charge >= 0.3 is 0 Å². The summed E-state index contributed by atoms with van der Waals surface area (Å²) in [6.07, 6.45) is 3.45. The van der Waals surface area contributed by atoms with Gasteiger partial charge < -0.3 is 8.98 Å². The van der Waals surface area contributed by atoms with Crippen molar-refractivity contribution in [1.82, 2.24) is 4.57 Å². The van der Waals surface area contributed by atoms with Crippen molar-refractivity contribution in [3.05, 3.63) is 17.3 Å². The van der Waals surface area contributed by atoms with Crippen LogP contribution >= 0.6 is 12.2 Å². The average Bonchev–Trinajstić information content (AvgIpc) is 2.11. The van der Waals surface area contributed by atoms with Crippen molar-refractivity contribution in [2.24, 2.45) is 0 Å². The van der Waals surface area contributed by atoms with Crippen LogP contribution in [0.15, 0.2) is 16.9 Å². The highest BCUT2D eigenvalue weighted by Crippen LogP contribution is 2.14. The molecule has 0 radical (unpaired) electrons. The molecule has 0 unspecified atom stereocenters. The van der Waals surface area contributed by atoms with Gasteiger partial charge in [0.1, 0.15) is 6.26 Å². The van der Waals surface area contributed by atoms with Crippen molar-refractivity contribution < 1.29 is 4.42 Å². The third kappa shape index (κ3) is 1.29. The van der Waals surface area contributed by atoms with E-state index in [2.05, 4.69) is 20.8 Å². The Kier molecular flexibility index (Phi) is 1.68. The predicted molar refractivity (Wildman–Crippen MR) is 42.5 cm³/mol. The highest BCUT2D eigenvalue weighted by Gasteiger charge is 2.12. The van der Waals surface area contributed by atoms with Crippen LogP contribution in [-0.2, 0) is 5.54 Å². The van der Waals surface area contributed by atoms with E-state index in [9.17, 15) is 0 Å². The summed E-state index contributed by atoms with van der Waals surface area (Å²) in [5.74, 6) is 0. The lowest BCUT2D eigenvalue weighted by molar-refractivity contribution is 0.366. The molecule has 3 heteroatoms. The summed E-state index contributed by atoms with van der Waals surface area (Å²) >= 11 is 4.93. The van der Waals surface area contributed by atoms with Crippen LogP contribution in [0.25, 0.3) is 0 Å². The topological polar surface area (TPSA) is 18.1 Å². The molecular formula is C7H11NOS. The fourth-order valence-corrected chi connectivity index (χ4v) is 1.15. The second-order valence-electron chi connectivity index (χ2n) is 3.21. The van der Waals surface area contributed by atoms with Gasteiger partial charge in [0.15, 0.2) is 0 Å². The molecular weight excluding hydrogens is 146 g/mol.